The molecule has 0 bridgehead atoms. The molecule has 1 rings (SSSR count). The van der Waals surface area contributed by atoms with Gasteiger partial charge in [-0.05, 0) is 13.8 Å². The molecule has 0 radical (unpaired) electrons. The molecule has 5 nitrogen and oxygen atoms in total. The van der Waals surface area contributed by atoms with Crippen LogP contribution in [-0.2, 0) is 16.4 Å². The van der Waals surface area contributed by atoms with E-state index in [1.807, 2.05) is 0 Å². The summed E-state index contributed by atoms with van der Waals surface area (Å²) in [7, 11) is -3.70. The van der Waals surface area contributed by atoms with Crippen LogP contribution in [0.15, 0.2) is 15.8 Å². The van der Waals surface area contributed by atoms with Gasteiger partial charge in [-0.25, -0.2) is 8.42 Å². The van der Waals surface area contributed by atoms with Crippen LogP contribution in [0.5, 0.6) is 5.75 Å². The van der Waals surface area contributed by atoms with Crippen LogP contribution >= 0.6 is 0 Å². The highest BCUT2D eigenvalue weighted by atomic mass is 32.2. The molecule has 84 valence electrons. The second kappa shape index (κ2) is 3.69. The number of sulfone groups is 1. The predicted molar refractivity (Wildman–Crippen MR) is 55.9 cm³/mol. The standard InChI is InChI=1S/C9H13NO4S/c1-4-10-6(2)5-7(11)8(9(10)12)15(3,13)14/h5,11H,4H2,1-3H3. The van der Waals surface area contributed by atoms with Crippen molar-refractivity contribution < 1.29 is 13.5 Å². The maximum Gasteiger partial charge on any atom is 0.273 e. The van der Waals surface area contributed by atoms with E-state index in [0.29, 0.717) is 12.2 Å². The van der Waals surface area contributed by atoms with Gasteiger partial charge in [0.05, 0.1) is 0 Å². The van der Waals surface area contributed by atoms with Crippen molar-refractivity contribution in [2.24, 2.45) is 0 Å². The smallest absolute Gasteiger partial charge is 0.273 e. The van der Waals surface area contributed by atoms with Gasteiger partial charge < -0.3 is 9.67 Å². The minimum atomic E-state index is -3.70. The number of hydrogen-bond donors (Lipinski definition) is 1. The highest BCUT2D eigenvalue weighted by Crippen LogP contribution is 2.19. The molecule has 0 aromatic carbocycles. The second-order valence-electron chi connectivity index (χ2n) is 3.32. The van der Waals surface area contributed by atoms with Gasteiger partial charge in [0.1, 0.15) is 5.75 Å². The second-order valence-corrected chi connectivity index (χ2v) is 5.27. The molecule has 1 aromatic heterocycles. The van der Waals surface area contributed by atoms with Gasteiger partial charge in [-0.2, -0.15) is 0 Å². The van der Waals surface area contributed by atoms with Crippen LogP contribution in [0.25, 0.3) is 0 Å². The fourth-order valence-electron chi connectivity index (χ4n) is 1.48. The Morgan fingerprint density at radius 1 is 1.47 bits per heavy atom. The first kappa shape index (κ1) is 11.8. The van der Waals surface area contributed by atoms with Crippen molar-refractivity contribution in [2.45, 2.75) is 25.3 Å². The lowest BCUT2D eigenvalue weighted by atomic mass is 10.3. The number of nitrogens with zero attached hydrogens (tertiary/aromatic N) is 1. The summed E-state index contributed by atoms with van der Waals surface area (Å²) < 4.78 is 23.9. The summed E-state index contributed by atoms with van der Waals surface area (Å²) in [6.45, 7) is 3.74. The van der Waals surface area contributed by atoms with Crippen LogP contribution in [0.4, 0.5) is 0 Å². The van der Waals surface area contributed by atoms with Gasteiger partial charge >= 0.3 is 0 Å². The van der Waals surface area contributed by atoms with Crippen molar-refractivity contribution in [1.82, 2.24) is 4.57 Å². The Hall–Kier alpha value is -1.30. The first-order valence-corrected chi connectivity index (χ1v) is 6.31. The van der Waals surface area contributed by atoms with Crippen molar-refractivity contribution in [2.75, 3.05) is 6.26 Å². The lowest BCUT2D eigenvalue weighted by Gasteiger charge is -2.10. The normalized spacial score (nSPS) is 11.7. The Labute approximate surface area is 87.9 Å². The first-order valence-electron chi connectivity index (χ1n) is 4.42. The van der Waals surface area contributed by atoms with E-state index in [0.717, 1.165) is 6.26 Å². The topological polar surface area (TPSA) is 76.4 Å². The Kier molecular flexibility index (Phi) is 2.90. The molecule has 0 aliphatic rings. The number of hydrogen-bond acceptors (Lipinski definition) is 4. The molecular weight excluding hydrogens is 218 g/mol. The van der Waals surface area contributed by atoms with Gasteiger partial charge in [0.2, 0.25) is 0 Å². The van der Waals surface area contributed by atoms with Crippen LogP contribution in [0.3, 0.4) is 0 Å². The molecule has 0 aliphatic carbocycles. The summed E-state index contributed by atoms with van der Waals surface area (Å²) in [5.74, 6) is -0.482. The van der Waals surface area contributed by atoms with Gasteiger partial charge in [-0.1, -0.05) is 0 Å². The Morgan fingerprint density at radius 3 is 2.40 bits per heavy atom. The molecule has 0 unspecified atom stereocenters. The molecule has 0 atom stereocenters. The first-order chi connectivity index (χ1) is 6.79. The number of aromatic hydroxyl groups is 1. The summed E-state index contributed by atoms with van der Waals surface area (Å²) >= 11 is 0. The third-order valence-corrected chi connectivity index (χ3v) is 3.26. The monoisotopic (exact) mass is 231 g/mol. The molecule has 1 N–H and O–H groups in total. The maximum atomic E-state index is 11.7. The lowest BCUT2D eigenvalue weighted by Crippen LogP contribution is -2.26. The summed E-state index contributed by atoms with van der Waals surface area (Å²) in [4.78, 5) is 11.2. The average molecular weight is 231 g/mol. The fraction of sp³-hybridized carbons (Fsp3) is 0.444. The zero-order valence-electron chi connectivity index (χ0n) is 8.81. The van der Waals surface area contributed by atoms with E-state index < -0.39 is 26.0 Å². The van der Waals surface area contributed by atoms with Crippen molar-refractivity contribution in [3.05, 3.63) is 22.1 Å². The van der Waals surface area contributed by atoms with Crippen molar-refractivity contribution in [3.8, 4) is 5.75 Å². The largest absolute Gasteiger partial charge is 0.506 e. The zero-order chi connectivity index (χ0) is 11.8. The molecule has 1 heterocycles. The molecule has 0 amide bonds. The van der Waals surface area contributed by atoms with Gasteiger partial charge in [0, 0.05) is 24.6 Å². The van der Waals surface area contributed by atoms with Crippen molar-refractivity contribution in [3.63, 3.8) is 0 Å². The Morgan fingerprint density at radius 2 is 2.00 bits per heavy atom. The third-order valence-electron chi connectivity index (χ3n) is 2.13. The number of aryl methyl sites for hydroxylation is 1. The minimum absolute atomic E-state index is 0.369. The highest BCUT2D eigenvalue weighted by molar-refractivity contribution is 7.90. The van der Waals surface area contributed by atoms with E-state index in [9.17, 15) is 18.3 Å². The molecule has 0 saturated carbocycles. The van der Waals surface area contributed by atoms with Crippen LogP contribution < -0.4 is 5.56 Å². The Bertz CT molecular complexity index is 542. The molecule has 0 fully saturated rings. The Balaban J connectivity index is 3.77. The quantitative estimate of drug-likeness (QED) is 0.793. The number of rotatable bonds is 2. The van der Waals surface area contributed by atoms with E-state index in [1.165, 1.54) is 10.6 Å². The summed E-state index contributed by atoms with van der Waals surface area (Å²) in [6.07, 6.45) is 0.902. The molecular formula is C9H13NO4S. The highest BCUT2D eigenvalue weighted by Gasteiger charge is 2.20. The zero-order valence-corrected chi connectivity index (χ0v) is 9.63. The van der Waals surface area contributed by atoms with Crippen LogP contribution in [0.1, 0.15) is 12.6 Å². The summed E-state index contributed by atoms with van der Waals surface area (Å²) in [6, 6.07) is 1.28. The van der Waals surface area contributed by atoms with Gasteiger partial charge in [0.15, 0.2) is 14.7 Å². The van der Waals surface area contributed by atoms with Crippen LogP contribution in [-0.4, -0.2) is 24.3 Å². The van der Waals surface area contributed by atoms with Crippen LogP contribution in [0.2, 0.25) is 0 Å². The van der Waals surface area contributed by atoms with Gasteiger partial charge in [-0.15, -0.1) is 0 Å². The van der Waals surface area contributed by atoms with E-state index in [4.69, 9.17) is 0 Å². The van der Waals surface area contributed by atoms with E-state index in [2.05, 4.69) is 0 Å². The third kappa shape index (κ3) is 2.04. The van der Waals surface area contributed by atoms with Crippen molar-refractivity contribution in [1.29, 1.82) is 0 Å². The van der Waals surface area contributed by atoms with E-state index in [-0.39, 0.29) is 0 Å². The van der Waals surface area contributed by atoms with E-state index in [1.54, 1.807) is 13.8 Å². The number of aromatic nitrogens is 1. The number of pyridine rings is 1. The van der Waals surface area contributed by atoms with Crippen molar-refractivity contribution >= 4 is 9.84 Å². The minimum Gasteiger partial charge on any atom is -0.506 e. The molecule has 0 spiro atoms. The molecule has 15 heavy (non-hydrogen) atoms. The fourth-order valence-corrected chi connectivity index (χ4v) is 2.34. The maximum absolute atomic E-state index is 11.7. The summed E-state index contributed by atoms with van der Waals surface area (Å²) in [5, 5.41) is 9.44. The lowest BCUT2D eigenvalue weighted by molar-refractivity contribution is 0.450. The molecule has 0 saturated heterocycles. The van der Waals surface area contributed by atoms with Gasteiger partial charge in [-0.3, -0.25) is 4.79 Å². The summed E-state index contributed by atoms with van der Waals surface area (Å²) in [5.41, 5.74) is -0.134. The SMILES string of the molecule is CCn1c(C)cc(O)c(S(C)(=O)=O)c1=O. The molecule has 1 aromatic rings. The average Bonchev–Trinajstić information content (AvgIpc) is 2.00. The van der Waals surface area contributed by atoms with Crippen LogP contribution in [0, 0.1) is 6.92 Å². The van der Waals surface area contributed by atoms with Gasteiger partial charge in [0.25, 0.3) is 5.56 Å². The predicted octanol–water partition coefficient (Wildman–Crippen LogP) is 0.286. The van der Waals surface area contributed by atoms with E-state index >= 15 is 0 Å². The molecule has 0 aliphatic heterocycles. The molecule has 6 heteroatoms.